The van der Waals surface area contributed by atoms with Crippen molar-refractivity contribution in [1.29, 1.82) is 0 Å². The molecular formula is C18H28N2O2. The molecule has 0 saturated heterocycles. The Balaban J connectivity index is 1.80. The fourth-order valence-corrected chi connectivity index (χ4v) is 3.07. The Labute approximate surface area is 133 Å². The van der Waals surface area contributed by atoms with Crippen molar-refractivity contribution in [2.45, 2.75) is 52.5 Å². The van der Waals surface area contributed by atoms with Crippen LogP contribution in [0.2, 0.25) is 0 Å². The molecule has 1 fully saturated rings. The molecule has 4 heteroatoms. The smallest absolute Gasteiger partial charge is 0.224 e. The number of carbonyl (C=O) groups excluding carboxylic acids is 1. The Morgan fingerprint density at radius 1 is 1.23 bits per heavy atom. The molecule has 1 aromatic rings. The Morgan fingerprint density at radius 3 is 2.41 bits per heavy atom. The number of benzene rings is 1. The summed E-state index contributed by atoms with van der Waals surface area (Å²) < 4.78 is 0. The zero-order valence-electron chi connectivity index (χ0n) is 14.0. The first-order chi connectivity index (χ1) is 10.5. The normalized spacial score (nSPS) is 14.4. The van der Waals surface area contributed by atoms with Crippen molar-refractivity contribution >= 4 is 11.6 Å². The van der Waals surface area contributed by atoms with Gasteiger partial charge in [-0.3, -0.25) is 9.69 Å². The standard InChI is InChI=1S/C18H28N2O2/c1-13-11-14(2)18(15(3)12-13)19-17(22)5-4-8-20(9-10-21)16-6-7-16/h11-12,16,21H,4-10H2,1-3H3,(H,19,22). The Kier molecular flexibility index (Phi) is 5.98. The number of aryl methyl sites for hydroxylation is 3. The third-order valence-electron chi connectivity index (χ3n) is 4.24. The fourth-order valence-electron chi connectivity index (χ4n) is 3.07. The van der Waals surface area contributed by atoms with Crippen LogP contribution >= 0.6 is 0 Å². The summed E-state index contributed by atoms with van der Waals surface area (Å²) in [7, 11) is 0. The molecule has 1 aliphatic carbocycles. The van der Waals surface area contributed by atoms with Crippen molar-refractivity contribution in [2.24, 2.45) is 0 Å². The molecule has 0 atom stereocenters. The summed E-state index contributed by atoms with van der Waals surface area (Å²) >= 11 is 0. The number of rotatable bonds is 8. The van der Waals surface area contributed by atoms with Gasteiger partial charge in [0.15, 0.2) is 0 Å². The lowest BCUT2D eigenvalue weighted by molar-refractivity contribution is -0.116. The van der Waals surface area contributed by atoms with E-state index in [-0.39, 0.29) is 12.5 Å². The third kappa shape index (κ3) is 4.82. The average molecular weight is 304 g/mol. The molecule has 0 unspecified atom stereocenters. The molecule has 0 radical (unpaired) electrons. The van der Waals surface area contributed by atoms with E-state index in [1.54, 1.807) is 0 Å². The maximum atomic E-state index is 12.1. The van der Waals surface area contributed by atoms with Crippen molar-refractivity contribution in [2.75, 3.05) is 25.0 Å². The highest BCUT2D eigenvalue weighted by Gasteiger charge is 2.28. The highest BCUT2D eigenvalue weighted by molar-refractivity contribution is 5.92. The number of carbonyl (C=O) groups is 1. The van der Waals surface area contributed by atoms with Crippen LogP contribution in [-0.2, 0) is 4.79 Å². The summed E-state index contributed by atoms with van der Waals surface area (Å²) in [6.07, 6.45) is 3.83. The first-order valence-electron chi connectivity index (χ1n) is 8.24. The van der Waals surface area contributed by atoms with Crippen LogP contribution in [0.5, 0.6) is 0 Å². The molecule has 0 aliphatic heterocycles. The SMILES string of the molecule is Cc1cc(C)c(NC(=O)CCCN(CCO)C2CC2)c(C)c1. The van der Waals surface area contributed by atoms with Crippen LogP contribution in [0.25, 0.3) is 0 Å². The second-order valence-electron chi connectivity index (χ2n) is 6.42. The largest absolute Gasteiger partial charge is 0.395 e. The Bertz CT molecular complexity index is 501. The molecule has 1 aliphatic rings. The number of aliphatic hydroxyl groups is 1. The molecule has 2 rings (SSSR count). The maximum absolute atomic E-state index is 12.1. The van der Waals surface area contributed by atoms with Crippen molar-refractivity contribution < 1.29 is 9.90 Å². The zero-order chi connectivity index (χ0) is 16.1. The highest BCUT2D eigenvalue weighted by Crippen LogP contribution is 2.27. The minimum Gasteiger partial charge on any atom is -0.395 e. The van der Waals surface area contributed by atoms with Crippen LogP contribution in [0.15, 0.2) is 12.1 Å². The van der Waals surface area contributed by atoms with Gasteiger partial charge >= 0.3 is 0 Å². The van der Waals surface area contributed by atoms with Crippen LogP contribution in [0.3, 0.4) is 0 Å². The van der Waals surface area contributed by atoms with Crippen LogP contribution < -0.4 is 5.32 Å². The van der Waals surface area contributed by atoms with Gasteiger partial charge in [-0.25, -0.2) is 0 Å². The molecule has 22 heavy (non-hydrogen) atoms. The topological polar surface area (TPSA) is 52.6 Å². The van der Waals surface area contributed by atoms with E-state index in [0.29, 0.717) is 12.5 Å². The van der Waals surface area contributed by atoms with Gasteiger partial charge in [0.1, 0.15) is 0 Å². The molecule has 0 bridgehead atoms. The summed E-state index contributed by atoms with van der Waals surface area (Å²) in [4.78, 5) is 14.4. The summed E-state index contributed by atoms with van der Waals surface area (Å²) in [6.45, 7) is 7.95. The van der Waals surface area contributed by atoms with Gasteiger partial charge in [-0.1, -0.05) is 17.7 Å². The summed E-state index contributed by atoms with van der Waals surface area (Å²) in [5.74, 6) is 0.0785. The van der Waals surface area contributed by atoms with E-state index in [0.717, 1.165) is 36.3 Å². The summed E-state index contributed by atoms with van der Waals surface area (Å²) in [5.41, 5.74) is 4.40. The van der Waals surface area contributed by atoms with E-state index in [9.17, 15) is 4.79 Å². The summed E-state index contributed by atoms with van der Waals surface area (Å²) in [5, 5.41) is 12.1. The van der Waals surface area contributed by atoms with Gasteiger partial charge in [0.05, 0.1) is 6.61 Å². The number of nitrogens with zero attached hydrogens (tertiary/aromatic N) is 1. The molecule has 1 aromatic carbocycles. The molecule has 1 amide bonds. The van der Waals surface area contributed by atoms with Gasteiger partial charge in [-0.05, 0) is 57.7 Å². The van der Waals surface area contributed by atoms with Gasteiger partial charge in [0, 0.05) is 24.7 Å². The van der Waals surface area contributed by atoms with Crippen LogP contribution in [0.4, 0.5) is 5.69 Å². The number of amides is 1. The van der Waals surface area contributed by atoms with Crippen molar-refractivity contribution in [3.05, 3.63) is 28.8 Å². The molecule has 2 N–H and O–H groups in total. The van der Waals surface area contributed by atoms with E-state index in [4.69, 9.17) is 5.11 Å². The monoisotopic (exact) mass is 304 g/mol. The molecule has 0 aromatic heterocycles. The van der Waals surface area contributed by atoms with E-state index < -0.39 is 0 Å². The highest BCUT2D eigenvalue weighted by atomic mass is 16.3. The van der Waals surface area contributed by atoms with Gasteiger partial charge in [-0.2, -0.15) is 0 Å². The lowest BCUT2D eigenvalue weighted by Crippen LogP contribution is -2.30. The van der Waals surface area contributed by atoms with E-state index in [2.05, 4.69) is 29.3 Å². The third-order valence-corrected chi connectivity index (χ3v) is 4.24. The van der Waals surface area contributed by atoms with Gasteiger partial charge in [0.25, 0.3) is 0 Å². The van der Waals surface area contributed by atoms with E-state index >= 15 is 0 Å². The minimum absolute atomic E-state index is 0.0785. The fraction of sp³-hybridized carbons (Fsp3) is 0.611. The molecule has 0 spiro atoms. The van der Waals surface area contributed by atoms with Crippen molar-refractivity contribution in [3.8, 4) is 0 Å². The lowest BCUT2D eigenvalue weighted by Gasteiger charge is -2.20. The van der Waals surface area contributed by atoms with Crippen LogP contribution in [0, 0.1) is 20.8 Å². The van der Waals surface area contributed by atoms with Crippen molar-refractivity contribution in [3.63, 3.8) is 0 Å². The molecule has 0 heterocycles. The molecule has 1 saturated carbocycles. The van der Waals surface area contributed by atoms with Gasteiger partial charge in [-0.15, -0.1) is 0 Å². The number of hydrogen-bond acceptors (Lipinski definition) is 3. The molecule has 4 nitrogen and oxygen atoms in total. The number of anilines is 1. The van der Waals surface area contributed by atoms with Gasteiger partial charge in [0.2, 0.25) is 5.91 Å². The zero-order valence-corrected chi connectivity index (χ0v) is 14.0. The lowest BCUT2D eigenvalue weighted by atomic mass is 10.0. The Hall–Kier alpha value is -1.39. The van der Waals surface area contributed by atoms with Gasteiger partial charge < -0.3 is 10.4 Å². The number of nitrogens with one attached hydrogen (secondary N) is 1. The first kappa shape index (κ1) is 17.0. The molecular weight excluding hydrogens is 276 g/mol. The van der Waals surface area contributed by atoms with E-state index in [1.807, 2.05) is 13.8 Å². The second kappa shape index (κ2) is 7.75. The second-order valence-corrected chi connectivity index (χ2v) is 6.42. The summed E-state index contributed by atoms with van der Waals surface area (Å²) in [6, 6.07) is 4.83. The van der Waals surface area contributed by atoms with Crippen LogP contribution in [0.1, 0.15) is 42.4 Å². The predicted molar refractivity (Wildman–Crippen MR) is 90.2 cm³/mol. The van der Waals surface area contributed by atoms with Crippen molar-refractivity contribution in [1.82, 2.24) is 4.90 Å². The number of aliphatic hydroxyl groups excluding tert-OH is 1. The molecule has 122 valence electrons. The predicted octanol–water partition coefficient (Wildman–Crippen LogP) is 2.79. The Morgan fingerprint density at radius 2 is 1.86 bits per heavy atom. The maximum Gasteiger partial charge on any atom is 0.224 e. The minimum atomic E-state index is 0.0785. The first-order valence-corrected chi connectivity index (χ1v) is 8.24. The number of hydrogen-bond donors (Lipinski definition) is 2. The quantitative estimate of drug-likeness (QED) is 0.776. The average Bonchev–Trinajstić information content (AvgIpc) is 3.26. The van der Waals surface area contributed by atoms with Crippen LogP contribution in [-0.4, -0.2) is 41.7 Å². The van der Waals surface area contributed by atoms with E-state index in [1.165, 1.54) is 18.4 Å².